The van der Waals surface area contributed by atoms with Gasteiger partial charge in [0.1, 0.15) is 11.5 Å². The van der Waals surface area contributed by atoms with Crippen LogP contribution in [0.25, 0.3) is 0 Å². The normalized spacial score (nSPS) is 19.4. The van der Waals surface area contributed by atoms with Crippen molar-refractivity contribution in [3.8, 4) is 11.5 Å². The first-order chi connectivity index (χ1) is 16.5. The Morgan fingerprint density at radius 2 is 1.59 bits per heavy atom. The van der Waals surface area contributed by atoms with Gasteiger partial charge in [-0.3, -0.25) is 19.3 Å². The van der Waals surface area contributed by atoms with E-state index >= 15 is 0 Å². The van der Waals surface area contributed by atoms with Crippen molar-refractivity contribution in [2.24, 2.45) is 11.8 Å². The minimum absolute atomic E-state index is 0.186. The fraction of sp³-hybridized carbons (Fsp3) is 0.179. The second-order valence-electron chi connectivity index (χ2n) is 8.66. The first kappa shape index (κ1) is 21.6. The molecular formula is C28H24N2O4. The van der Waals surface area contributed by atoms with Gasteiger partial charge in [0, 0.05) is 11.3 Å². The van der Waals surface area contributed by atoms with Gasteiger partial charge in [-0.15, -0.1) is 0 Å². The van der Waals surface area contributed by atoms with E-state index in [1.807, 2.05) is 43.3 Å². The second-order valence-corrected chi connectivity index (χ2v) is 8.66. The van der Waals surface area contributed by atoms with Gasteiger partial charge >= 0.3 is 0 Å². The number of nitrogens with one attached hydrogen (secondary N) is 1. The standard InChI is InChI=1S/C28H24N2O4/c1-18-10-15-24-25(16-18)28(33)30(27(24)32)21-7-5-6-19(17-21)26(31)29-20-11-13-23(14-12-20)34-22-8-3-2-4-9-22/h2-14,17,24-25H,15-16H2,1H3,(H,29,31)/t24-,25+/m1/s1. The number of nitrogens with zero attached hydrogens (tertiary/aromatic N) is 1. The molecule has 1 saturated heterocycles. The van der Waals surface area contributed by atoms with Crippen LogP contribution in [0.4, 0.5) is 11.4 Å². The Hall–Kier alpha value is -4.19. The Morgan fingerprint density at radius 3 is 2.35 bits per heavy atom. The lowest BCUT2D eigenvalue weighted by Gasteiger charge is -2.18. The van der Waals surface area contributed by atoms with Crippen LogP contribution in [0.3, 0.4) is 0 Å². The van der Waals surface area contributed by atoms with E-state index in [0.717, 1.165) is 11.3 Å². The molecule has 1 aliphatic carbocycles. The molecule has 3 amide bonds. The smallest absolute Gasteiger partial charge is 0.255 e. The zero-order valence-corrected chi connectivity index (χ0v) is 18.7. The summed E-state index contributed by atoms with van der Waals surface area (Å²) >= 11 is 0. The van der Waals surface area contributed by atoms with Gasteiger partial charge in [0.15, 0.2) is 0 Å². The maximum Gasteiger partial charge on any atom is 0.255 e. The molecule has 1 N–H and O–H groups in total. The summed E-state index contributed by atoms with van der Waals surface area (Å²) in [4.78, 5) is 40.1. The summed E-state index contributed by atoms with van der Waals surface area (Å²) in [5, 5.41) is 2.85. The largest absolute Gasteiger partial charge is 0.457 e. The predicted molar refractivity (Wildman–Crippen MR) is 130 cm³/mol. The van der Waals surface area contributed by atoms with Gasteiger partial charge in [0.05, 0.1) is 17.5 Å². The van der Waals surface area contributed by atoms with Gasteiger partial charge in [-0.25, -0.2) is 0 Å². The van der Waals surface area contributed by atoms with Crippen molar-refractivity contribution in [1.29, 1.82) is 0 Å². The number of rotatable bonds is 5. The van der Waals surface area contributed by atoms with Crippen molar-refractivity contribution in [3.63, 3.8) is 0 Å². The molecule has 0 radical (unpaired) electrons. The Morgan fingerprint density at radius 1 is 0.882 bits per heavy atom. The van der Waals surface area contributed by atoms with E-state index in [4.69, 9.17) is 4.74 Å². The number of hydrogen-bond donors (Lipinski definition) is 1. The fourth-order valence-corrected chi connectivity index (χ4v) is 4.51. The van der Waals surface area contributed by atoms with Crippen LogP contribution >= 0.6 is 0 Å². The van der Waals surface area contributed by atoms with Crippen LogP contribution < -0.4 is 15.0 Å². The number of anilines is 2. The molecule has 34 heavy (non-hydrogen) atoms. The summed E-state index contributed by atoms with van der Waals surface area (Å²) in [5.41, 5.74) is 2.54. The molecule has 1 fully saturated rings. The van der Waals surface area contributed by atoms with Crippen LogP contribution in [0.1, 0.15) is 30.1 Å². The third-order valence-electron chi connectivity index (χ3n) is 6.28. The van der Waals surface area contributed by atoms with E-state index in [9.17, 15) is 14.4 Å². The van der Waals surface area contributed by atoms with E-state index in [1.165, 1.54) is 4.90 Å². The summed E-state index contributed by atoms with van der Waals surface area (Å²) in [6, 6.07) is 23.1. The molecule has 5 rings (SSSR count). The Balaban J connectivity index is 1.29. The average Bonchev–Trinajstić information content (AvgIpc) is 3.10. The van der Waals surface area contributed by atoms with Gasteiger partial charge < -0.3 is 10.1 Å². The molecule has 6 heteroatoms. The molecule has 0 unspecified atom stereocenters. The predicted octanol–water partition coefficient (Wildman–Crippen LogP) is 5.58. The maximum absolute atomic E-state index is 13.0. The molecule has 0 bridgehead atoms. The molecule has 0 saturated carbocycles. The summed E-state index contributed by atoms with van der Waals surface area (Å²) in [6.45, 7) is 1.99. The zero-order valence-electron chi connectivity index (χ0n) is 18.7. The summed E-state index contributed by atoms with van der Waals surface area (Å²) in [5.74, 6) is 0.0557. The van der Waals surface area contributed by atoms with E-state index in [-0.39, 0.29) is 29.6 Å². The third kappa shape index (κ3) is 4.22. The van der Waals surface area contributed by atoms with Gasteiger partial charge in [0.25, 0.3) is 5.91 Å². The number of carbonyl (C=O) groups excluding carboxylic acids is 3. The molecule has 0 spiro atoms. The average molecular weight is 453 g/mol. The Labute approximate surface area is 197 Å². The van der Waals surface area contributed by atoms with Gasteiger partial charge in [0.2, 0.25) is 11.8 Å². The number of para-hydroxylation sites is 1. The lowest BCUT2D eigenvalue weighted by atomic mass is 9.82. The van der Waals surface area contributed by atoms with Crippen molar-refractivity contribution in [2.75, 3.05) is 10.2 Å². The number of benzene rings is 3. The topological polar surface area (TPSA) is 75.7 Å². The van der Waals surface area contributed by atoms with Crippen molar-refractivity contribution in [3.05, 3.63) is 96.1 Å². The van der Waals surface area contributed by atoms with Gasteiger partial charge in [-0.2, -0.15) is 0 Å². The highest BCUT2D eigenvalue weighted by atomic mass is 16.5. The van der Waals surface area contributed by atoms with Crippen LogP contribution in [0.2, 0.25) is 0 Å². The number of amides is 3. The highest BCUT2D eigenvalue weighted by molar-refractivity contribution is 6.22. The number of ether oxygens (including phenoxy) is 1. The van der Waals surface area contributed by atoms with E-state index < -0.39 is 0 Å². The van der Waals surface area contributed by atoms with E-state index in [1.54, 1.807) is 48.5 Å². The van der Waals surface area contributed by atoms with Crippen molar-refractivity contribution >= 4 is 29.1 Å². The first-order valence-corrected chi connectivity index (χ1v) is 11.3. The van der Waals surface area contributed by atoms with Crippen molar-refractivity contribution in [2.45, 2.75) is 19.8 Å². The van der Waals surface area contributed by atoms with Crippen molar-refractivity contribution in [1.82, 2.24) is 0 Å². The summed E-state index contributed by atoms with van der Waals surface area (Å²) < 4.78 is 5.78. The Bertz CT molecular complexity index is 1280. The minimum atomic E-state index is -0.326. The van der Waals surface area contributed by atoms with Gasteiger partial charge in [-0.1, -0.05) is 35.9 Å². The number of fused-ring (bicyclic) bond motifs is 1. The molecule has 3 aromatic carbocycles. The SMILES string of the molecule is CC1=CC[C@H]2C(=O)N(c3cccc(C(=O)Nc4ccc(Oc5ccccc5)cc4)c3)C(=O)[C@H]2C1. The maximum atomic E-state index is 13.0. The summed E-state index contributed by atoms with van der Waals surface area (Å²) in [6.07, 6.45) is 3.23. The molecular weight excluding hydrogens is 428 g/mol. The Kier molecular flexibility index (Phi) is 5.72. The molecule has 3 aromatic rings. The lowest BCUT2D eigenvalue weighted by Crippen LogP contribution is -2.31. The molecule has 2 atom stereocenters. The molecule has 1 aliphatic heterocycles. The van der Waals surface area contributed by atoms with Crippen molar-refractivity contribution < 1.29 is 19.1 Å². The van der Waals surface area contributed by atoms with Crippen LogP contribution in [0, 0.1) is 11.8 Å². The van der Waals surface area contributed by atoms with E-state index in [2.05, 4.69) is 5.32 Å². The summed E-state index contributed by atoms with van der Waals surface area (Å²) in [7, 11) is 0. The third-order valence-corrected chi connectivity index (χ3v) is 6.28. The molecule has 2 aliphatic rings. The van der Waals surface area contributed by atoms with E-state index in [0.29, 0.717) is 35.5 Å². The fourth-order valence-electron chi connectivity index (χ4n) is 4.51. The second kappa shape index (κ2) is 8.98. The zero-order chi connectivity index (χ0) is 23.7. The number of hydrogen-bond acceptors (Lipinski definition) is 4. The minimum Gasteiger partial charge on any atom is -0.457 e. The van der Waals surface area contributed by atoms with Crippen LogP contribution in [-0.4, -0.2) is 17.7 Å². The molecule has 1 heterocycles. The first-order valence-electron chi connectivity index (χ1n) is 11.3. The molecule has 0 aromatic heterocycles. The number of imide groups is 1. The molecule has 170 valence electrons. The quantitative estimate of drug-likeness (QED) is 0.405. The highest BCUT2D eigenvalue weighted by Crippen LogP contribution is 2.39. The van der Waals surface area contributed by atoms with Crippen LogP contribution in [0.5, 0.6) is 11.5 Å². The number of allylic oxidation sites excluding steroid dienone is 2. The monoisotopic (exact) mass is 452 g/mol. The van der Waals surface area contributed by atoms with Crippen LogP contribution in [0.15, 0.2) is 90.5 Å². The number of carbonyl (C=O) groups is 3. The highest BCUT2D eigenvalue weighted by Gasteiger charge is 2.48. The van der Waals surface area contributed by atoms with Gasteiger partial charge in [-0.05, 0) is 74.4 Å². The lowest BCUT2D eigenvalue weighted by molar-refractivity contribution is -0.122. The van der Waals surface area contributed by atoms with Crippen LogP contribution in [-0.2, 0) is 9.59 Å². The molecule has 6 nitrogen and oxygen atoms in total.